The third-order valence-electron chi connectivity index (χ3n) is 2.93. The highest BCUT2D eigenvalue weighted by Gasteiger charge is 2.21. The molecule has 116 valence electrons. The fourth-order valence-corrected chi connectivity index (χ4v) is 2.84. The first-order valence-electron chi connectivity index (χ1n) is 6.32. The zero-order chi connectivity index (χ0) is 16.2. The van der Waals surface area contributed by atoms with E-state index in [0.29, 0.717) is 11.5 Å². The molecule has 2 aromatic carbocycles. The van der Waals surface area contributed by atoms with Crippen molar-refractivity contribution < 1.29 is 22.7 Å². The second-order valence-corrected chi connectivity index (χ2v) is 6.00. The highest BCUT2D eigenvalue weighted by molar-refractivity contribution is 7.90. The molecule has 1 amide bonds. The summed E-state index contributed by atoms with van der Waals surface area (Å²) in [5.41, 5.74) is 0.136. The Bertz CT molecular complexity index is 786. The number of carbonyl (C=O) groups excluding carboxylic acids is 1. The van der Waals surface area contributed by atoms with E-state index in [0.717, 1.165) is 0 Å². The van der Waals surface area contributed by atoms with Crippen molar-refractivity contribution in [2.45, 2.75) is 4.90 Å². The Kier molecular flexibility index (Phi) is 4.67. The van der Waals surface area contributed by atoms with Gasteiger partial charge in [0.1, 0.15) is 11.5 Å². The summed E-state index contributed by atoms with van der Waals surface area (Å²) >= 11 is 0. The standard InChI is InChI=1S/C15H15NO5S/c1-20-11-6-5-7-12(10-11)22(18,19)16-15(17)13-8-3-4-9-14(13)21-2/h3-10H,1-2H3,(H,16,17). The zero-order valence-corrected chi connectivity index (χ0v) is 12.9. The van der Waals surface area contributed by atoms with Crippen LogP contribution in [0.25, 0.3) is 0 Å². The molecule has 0 spiro atoms. The van der Waals surface area contributed by atoms with Gasteiger partial charge in [0.2, 0.25) is 0 Å². The Morgan fingerprint density at radius 2 is 1.73 bits per heavy atom. The minimum atomic E-state index is -4.00. The molecule has 0 unspecified atom stereocenters. The van der Waals surface area contributed by atoms with E-state index in [2.05, 4.69) is 0 Å². The molecule has 0 aliphatic carbocycles. The summed E-state index contributed by atoms with van der Waals surface area (Å²) in [5.74, 6) is -0.0891. The first kappa shape index (κ1) is 15.8. The molecule has 0 aromatic heterocycles. The van der Waals surface area contributed by atoms with Crippen LogP contribution in [-0.2, 0) is 10.0 Å². The lowest BCUT2D eigenvalue weighted by Gasteiger charge is -2.10. The van der Waals surface area contributed by atoms with E-state index >= 15 is 0 Å². The van der Waals surface area contributed by atoms with E-state index < -0.39 is 15.9 Å². The van der Waals surface area contributed by atoms with Gasteiger partial charge in [-0.15, -0.1) is 0 Å². The first-order valence-corrected chi connectivity index (χ1v) is 7.80. The maximum Gasteiger partial charge on any atom is 0.268 e. The summed E-state index contributed by atoms with van der Waals surface area (Å²) in [5, 5.41) is 0. The van der Waals surface area contributed by atoms with Crippen LogP contribution in [0.5, 0.6) is 11.5 Å². The minimum absolute atomic E-state index is 0.0601. The fraction of sp³-hybridized carbons (Fsp3) is 0.133. The Morgan fingerprint density at radius 1 is 1.00 bits per heavy atom. The number of methoxy groups -OCH3 is 2. The Hall–Kier alpha value is -2.54. The number of ether oxygens (including phenoxy) is 2. The van der Waals surface area contributed by atoms with Crippen LogP contribution in [-0.4, -0.2) is 28.5 Å². The molecule has 0 radical (unpaired) electrons. The number of para-hydroxylation sites is 1. The van der Waals surface area contributed by atoms with Crippen LogP contribution in [0.1, 0.15) is 10.4 Å². The van der Waals surface area contributed by atoms with Gasteiger partial charge < -0.3 is 9.47 Å². The molecule has 0 atom stereocenters. The van der Waals surface area contributed by atoms with Crippen molar-refractivity contribution in [3.05, 3.63) is 54.1 Å². The third-order valence-corrected chi connectivity index (χ3v) is 4.26. The molecule has 0 aliphatic rings. The van der Waals surface area contributed by atoms with Crippen LogP contribution >= 0.6 is 0 Å². The van der Waals surface area contributed by atoms with E-state index in [9.17, 15) is 13.2 Å². The van der Waals surface area contributed by atoms with Crippen LogP contribution < -0.4 is 14.2 Å². The fourth-order valence-electron chi connectivity index (χ4n) is 1.84. The molecule has 2 aromatic rings. The highest BCUT2D eigenvalue weighted by atomic mass is 32.2. The summed E-state index contributed by atoms with van der Waals surface area (Å²) < 4.78 is 36.5. The summed E-state index contributed by atoms with van der Waals surface area (Å²) in [6, 6.07) is 12.2. The van der Waals surface area contributed by atoms with Gasteiger partial charge >= 0.3 is 0 Å². The SMILES string of the molecule is COc1cccc(S(=O)(=O)NC(=O)c2ccccc2OC)c1. The normalized spacial score (nSPS) is 10.8. The van der Waals surface area contributed by atoms with Crippen molar-refractivity contribution in [1.82, 2.24) is 4.72 Å². The molecule has 0 fully saturated rings. The van der Waals surface area contributed by atoms with Crippen molar-refractivity contribution in [3.63, 3.8) is 0 Å². The van der Waals surface area contributed by atoms with Gasteiger partial charge in [0.15, 0.2) is 0 Å². The summed E-state index contributed by atoms with van der Waals surface area (Å²) in [4.78, 5) is 12.1. The summed E-state index contributed by atoms with van der Waals surface area (Å²) in [6.45, 7) is 0. The van der Waals surface area contributed by atoms with Crippen LogP contribution in [0.15, 0.2) is 53.4 Å². The number of rotatable bonds is 5. The lowest BCUT2D eigenvalue weighted by atomic mass is 10.2. The average molecular weight is 321 g/mol. The molecular weight excluding hydrogens is 306 g/mol. The second kappa shape index (κ2) is 6.48. The zero-order valence-electron chi connectivity index (χ0n) is 12.1. The molecule has 0 saturated carbocycles. The number of sulfonamides is 1. The van der Waals surface area contributed by atoms with E-state index in [-0.39, 0.29) is 10.5 Å². The van der Waals surface area contributed by atoms with Gasteiger partial charge in [0.25, 0.3) is 15.9 Å². The minimum Gasteiger partial charge on any atom is -0.497 e. The molecule has 1 N–H and O–H groups in total. The largest absolute Gasteiger partial charge is 0.497 e. The Labute approximate surface area is 128 Å². The molecule has 0 bridgehead atoms. The van der Waals surface area contributed by atoms with Gasteiger partial charge in [-0.25, -0.2) is 13.1 Å². The quantitative estimate of drug-likeness (QED) is 0.908. The Balaban J connectivity index is 2.30. The van der Waals surface area contributed by atoms with Crippen molar-refractivity contribution >= 4 is 15.9 Å². The van der Waals surface area contributed by atoms with Crippen LogP contribution in [0.2, 0.25) is 0 Å². The highest BCUT2D eigenvalue weighted by Crippen LogP contribution is 2.20. The maximum absolute atomic E-state index is 12.3. The number of carbonyl (C=O) groups is 1. The molecule has 0 heterocycles. The van der Waals surface area contributed by atoms with Crippen LogP contribution in [0.4, 0.5) is 0 Å². The molecule has 22 heavy (non-hydrogen) atoms. The second-order valence-electron chi connectivity index (χ2n) is 4.31. The summed E-state index contributed by atoms with van der Waals surface area (Å²) in [6.07, 6.45) is 0. The number of hydrogen-bond acceptors (Lipinski definition) is 5. The average Bonchev–Trinajstić information content (AvgIpc) is 2.54. The predicted octanol–water partition coefficient (Wildman–Crippen LogP) is 1.82. The van der Waals surface area contributed by atoms with Gasteiger partial charge in [-0.05, 0) is 24.3 Å². The van der Waals surface area contributed by atoms with Gasteiger partial charge in [0.05, 0.1) is 24.7 Å². The van der Waals surface area contributed by atoms with Gasteiger partial charge in [-0.2, -0.15) is 0 Å². The number of benzene rings is 2. The van der Waals surface area contributed by atoms with E-state index in [4.69, 9.17) is 9.47 Å². The number of nitrogens with one attached hydrogen (secondary N) is 1. The topological polar surface area (TPSA) is 81.7 Å². The van der Waals surface area contributed by atoms with E-state index in [1.54, 1.807) is 24.3 Å². The first-order chi connectivity index (χ1) is 10.5. The maximum atomic E-state index is 12.3. The van der Waals surface area contributed by atoms with Crippen LogP contribution in [0.3, 0.4) is 0 Å². The number of hydrogen-bond donors (Lipinski definition) is 1. The van der Waals surface area contributed by atoms with E-state index in [1.165, 1.54) is 38.5 Å². The van der Waals surface area contributed by atoms with E-state index in [1.807, 2.05) is 4.72 Å². The van der Waals surface area contributed by atoms with Crippen molar-refractivity contribution in [3.8, 4) is 11.5 Å². The molecule has 2 rings (SSSR count). The molecule has 0 saturated heterocycles. The Morgan fingerprint density at radius 3 is 2.41 bits per heavy atom. The van der Waals surface area contributed by atoms with Crippen molar-refractivity contribution in [1.29, 1.82) is 0 Å². The molecule has 7 heteroatoms. The molecule has 6 nitrogen and oxygen atoms in total. The van der Waals surface area contributed by atoms with Crippen molar-refractivity contribution in [2.75, 3.05) is 14.2 Å². The lowest BCUT2D eigenvalue weighted by molar-refractivity contribution is 0.0978. The van der Waals surface area contributed by atoms with Crippen molar-refractivity contribution in [2.24, 2.45) is 0 Å². The monoisotopic (exact) mass is 321 g/mol. The number of amides is 1. The molecular formula is C15H15NO5S. The summed E-state index contributed by atoms with van der Waals surface area (Å²) in [7, 11) is -1.17. The van der Waals surface area contributed by atoms with Gasteiger partial charge in [-0.1, -0.05) is 18.2 Å². The smallest absolute Gasteiger partial charge is 0.268 e. The van der Waals surface area contributed by atoms with Gasteiger partial charge in [0, 0.05) is 6.07 Å². The predicted molar refractivity (Wildman–Crippen MR) is 80.6 cm³/mol. The third kappa shape index (κ3) is 3.37. The molecule has 0 aliphatic heterocycles. The van der Waals surface area contributed by atoms with Gasteiger partial charge in [-0.3, -0.25) is 4.79 Å². The lowest BCUT2D eigenvalue weighted by Crippen LogP contribution is -2.30. The van der Waals surface area contributed by atoms with Crippen LogP contribution in [0, 0.1) is 0 Å².